The molecule has 1 aliphatic rings. The first-order valence-electron chi connectivity index (χ1n) is 8.04. The van der Waals surface area contributed by atoms with Gasteiger partial charge in [0.05, 0.1) is 6.54 Å². The molecular weight excluding hydrogens is 264 g/mol. The van der Waals surface area contributed by atoms with E-state index in [2.05, 4.69) is 19.9 Å². The predicted molar refractivity (Wildman–Crippen MR) is 83.8 cm³/mol. The summed E-state index contributed by atoms with van der Waals surface area (Å²) in [6, 6.07) is 4.06. The Kier molecular flexibility index (Phi) is 5.45. The van der Waals surface area contributed by atoms with E-state index >= 15 is 0 Å². The van der Waals surface area contributed by atoms with Gasteiger partial charge in [-0.3, -0.25) is 4.79 Å². The van der Waals surface area contributed by atoms with Crippen LogP contribution in [0.25, 0.3) is 0 Å². The number of hydrogen-bond acceptors (Lipinski definition) is 3. The lowest BCUT2D eigenvalue weighted by Crippen LogP contribution is -2.26. The fraction of sp³-hybridized carbons (Fsp3) is 0.706. The largest absolute Gasteiger partial charge is 0.464 e. The third kappa shape index (κ3) is 4.60. The SMILES string of the molecule is CC(CCN)CCC(=O)N(C)Cc1ccc(C2CC2C)o1. The highest BCUT2D eigenvalue weighted by Gasteiger charge is 2.36. The minimum Gasteiger partial charge on any atom is -0.464 e. The van der Waals surface area contributed by atoms with E-state index in [1.165, 1.54) is 6.42 Å². The summed E-state index contributed by atoms with van der Waals surface area (Å²) in [7, 11) is 1.85. The van der Waals surface area contributed by atoms with Crippen LogP contribution >= 0.6 is 0 Å². The summed E-state index contributed by atoms with van der Waals surface area (Å²) in [4.78, 5) is 13.9. The van der Waals surface area contributed by atoms with Gasteiger partial charge in [-0.2, -0.15) is 0 Å². The fourth-order valence-electron chi connectivity index (χ4n) is 2.71. The molecule has 1 heterocycles. The molecule has 1 fully saturated rings. The summed E-state index contributed by atoms with van der Waals surface area (Å²) >= 11 is 0. The highest BCUT2D eigenvalue weighted by atomic mass is 16.3. The van der Waals surface area contributed by atoms with Crippen molar-refractivity contribution in [3.05, 3.63) is 23.7 Å². The van der Waals surface area contributed by atoms with Crippen LogP contribution in [0.4, 0.5) is 0 Å². The summed E-state index contributed by atoms with van der Waals surface area (Å²) < 4.78 is 5.85. The van der Waals surface area contributed by atoms with E-state index in [4.69, 9.17) is 10.2 Å². The number of nitrogens with zero attached hydrogens (tertiary/aromatic N) is 1. The smallest absolute Gasteiger partial charge is 0.222 e. The second-order valence-electron chi connectivity index (χ2n) is 6.59. The van der Waals surface area contributed by atoms with E-state index in [1.807, 2.05) is 13.1 Å². The van der Waals surface area contributed by atoms with Gasteiger partial charge in [-0.15, -0.1) is 0 Å². The molecule has 1 amide bonds. The van der Waals surface area contributed by atoms with Crippen molar-refractivity contribution < 1.29 is 9.21 Å². The number of furan rings is 1. The van der Waals surface area contributed by atoms with Gasteiger partial charge >= 0.3 is 0 Å². The highest BCUT2D eigenvalue weighted by Crippen LogP contribution is 2.47. The molecule has 2 N–H and O–H groups in total. The highest BCUT2D eigenvalue weighted by molar-refractivity contribution is 5.75. The third-order valence-corrected chi connectivity index (χ3v) is 4.49. The normalized spacial score (nSPS) is 22.1. The lowest BCUT2D eigenvalue weighted by atomic mass is 10.0. The van der Waals surface area contributed by atoms with Crippen LogP contribution in [-0.2, 0) is 11.3 Å². The van der Waals surface area contributed by atoms with Crippen molar-refractivity contribution in [1.29, 1.82) is 0 Å². The Morgan fingerprint density at radius 1 is 1.48 bits per heavy atom. The fourth-order valence-corrected chi connectivity index (χ4v) is 2.71. The van der Waals surface area contributed by atoms with Crippen molar-refractivity contribution in [2.24, 2.45) is 17.6 Å². The van der Waals surface area contributed by atoms with E-state index in [0.29, 0.717) is 31.3 Å². The maximum absolute atomic E-state index is 12.1. The van der Waals surface area contributed by atoms with E-state index in [-0.39, 0.29) is 5.91 Å². The van der Waals surface area contributed by atoms with E-state index in [0.717, 1.165) is 30.3 Å². The van der Waals surface area contributed by atoms with Crippen LogP contribution < -0.4 is 5.73 Å². The lowest BCUT2D eigenvalue weighted by Gasteiger charge is -2.17. The van der Waals surface area contributed by atoms with Crippen molar-refractivity contribution in [2.75, 3.05) is 13.6 Å². The molecule has 4 heteroatoms. The molecule has 21 heavy (non-hydrogen) atoms. The maximum atomic E-state index is 12.1. The standard InChI is InChI=1S/C17H28N2O2/c1-12(8-9-18)4-7-17(20)19(3)11-14-5-6-16(21-14)15-10-13(15)2/h5-6,12-13,15H,4,7-11,18H2,1-3H3. The lowest BCUT2D eigenvalue weighted by molar-refractivity contribution is -0.130. The molecule has 1 aromatic heterocycles. The summed E-state index contributed by atoms with van der Waals surface area (Å²) in [6.07, 6.45) is 3.70. The number of carbonyl (C=O) groups excluding carboxylic acids is 1. The zero-order valence-electron chi connectivity index (χ0n) is 13.5. The van der Waals surface area contributed by atoms with Crippen LogP contribution in [-0.4, -0.2) is 24.4 Å². The molecule has 4 nitrogen and oxygen atoms in total. The Morgan fingerprint density at radius 3 is 2.81 bits per heavy atom. The number of amides is 1. The topological polar surface area (TPSA) is 59.5 Å². The van der Waals surface area contributed by atoms with Crippen LogP contribution in [0, 0.1) is 11.8 Å². The average molecular weight is 292 g/mol. The third-order valence-electron chi connectivity index (χ3n) is 4.49. The summed E-state index contributed by atoms with van der Waals surface area (Å²) in [5.41, 5.74) is 5.53. The van der Waals surface area contributed by atoms with Crippen molar-refractivity contribution in [3.8, 4) is 0 Å². The average Bonchev–Trinajstić information content (AvgIpc) is 2.99. The minimum absolute atomic E-state index is 0.177. The van der Waals surface area contributed by atoms with Crippen molar-refractivity contribution in [1.82, 2.24) is 4.90 Å². The Balaban J connectivity index is 1.76. The first-order valence-corrected chi connectivity index (χ1v) is 8.04. The Labute approximate surface area is 127 Å². The van der Waals surface area contributed by atoms with Gasteiger partial charge in [0, 0.05) is 19.4 Å². The Bertz CT molecular complexity index is 469. The molecule has 0 aliphatic heterocycles. The summed E-state index contributed by atoms with van der Waals surface area (Å²) in [5.74, 6) is 3.99. The molecule has 0 bridgehead atoms. The van der Waals surface area contributed by atoms with Crippen LogP contribution in [0.5, 0.6) is 0 Å². The number of nitrogens with two attached hydrogens (primary N) is 1. The molecule has 0 saturated heterocycles. The zero-order chi connectivity index (χ0) is 15.4. The molecule has 118 valence electrons. The molecule has 1 aliphatic carbocycles. The van der Waals surface area contributed by atoms with Crippen molar-refractivity contribution in [3.63, 3.8) is 0 Å². The zero-order valence-corrected chi connectivity index (χ0v) is 13.5. The first kappa shape index (κ1) is 16.1. The molecule has 3 unspecified atom stereocenters. The van der Waals surface area contributed by atoms with Crippen molar-refractivity contribution in [2.45, 2.75) is 52.0 Å². The Morgan fingerprint density at radius 2 is 2.19 bits per heavy atom. The van der Waals surface area contributed by atoms with Gasteiger partial charge in [0.25, 0.3) is 0 Å². The minimum atomic E-state index is 0.177. The van der Waals surface area contributed by atoms with Gasteiger partial charge in [-0.1, -0.05) is 13.8 Å². The molecule has 0 radical (unpaired) electrons. The summed E-state index contributed by atoms with van der Waals surface area (Å²) in [6.45, 7) is 5.64. The number of rotatable bonds is 8. The maximum Gasteiger partial charge on any atom is 0.222 e. The summed E-state index contributed by atoms with van der Waals surface area (Å²) in [5, 5.41) is 0. The van der Waals surface area contributed by atoms with Crippen molar-refractivity contribution >= 4 is 5.91 Å². The van der Waals surface area contributed by atoms with Crippen LogP contribution in [0.1, 0.15) is 57.0 Å². The second-order valence-corrected chi connectivity index (χ2v) is 6.59. The van der Waals surface area contributed by atoms with Gasteiger partial charge in [-0.05, 0) is 49.8 Å². The van der Waals surface area contributed by atoms with Gasteiger partial charge in [0.15, 0.2) is 0 Å². The van der Waals surface area contributed by atoms with E-state index < -0.39 is 0 Å². The van der Waals surface area contributed by atoms with Gasteiger partial charge < -0.3 is 15.1 Å². The monoisotopic (exact) mass is 292 g/mol. The van der Waals surface area contributed by atoms with Gasteiger partial charge in [-0.25, -0.2) is 0 Å². The van der Waals surface area contributed by atoms with Crippen LogP contribution in [0.15, 0.2) is 16.5 Å². The van der Waals surface area contributed by atoms with E-state index in [1.54, 1.807) is 4.90 Å². The van der Waals surface area contributed by atoms with Gasteiger partial charge in [0.1, 0.15) is 11.5 Å². The second kappa shape index (κ2) is 7.12. The molecule has 2 rings (SSSR count). The quantitative estimate of drug-likeness (QED) is 0.801. The number of hydrogen-bond donors (Lipinski definition) is 1. The predicted octanol–water partition coefficient (Wildman–Crippen LogP) is 3.13. The van der Waals surface area contributed by atoms with Crippen LogP contribution in [0.2, 0.25) is 0 Å². The van der Waals surface area contributed by atoms with E-state index in [9.17, 15) is 4.79 Å². The van der Waals surface area contributed by atoms with Crippen LogP contribution in [0.3, 0.4) is 0 Å². The molecule has 0 spiro atoms. The molecule has 1 aromatic rings. The van der Waals surface area contributed by atoms with Gasteiger partial charge in [0.2, 0.25) is 5.91 Å². The number of carbonyl (C=O) groups is 1. The molecule has 3 atom stereocenters. The molecule has 1 saturated carbocycles. The molecular formula is C17H28N2O2. The molecule has 0 aromatic carbocycles. The first-order chi connectivity index (χ1) is 10.0. The Hall–Kier alpha value is -1.29.